The molecule has 1 saturated carbocycles. The van der Waals surface area contributed by atoms with Crippen LogP contribution in [0, 0.1) is 11.3 Å². The van der Waals surface area contributed by atoms with Gasteiger partial charge in [0, 0.05) is 20.1 Å². The van der Waals surface area contributed by atoms with Gasteiger partial charge in [0.15, 0.2) is 0 Å². The molecule has 0 radical (unpaired) electrons. The number of rotatable bonds is 5. The van der Waals surface area contributed by atoms with Crippen molar-refractivity contribution in [3.8, 4) is 0 Å². The molecule has 5 heteroatoms. The lowest BCUT2D eigenvalue weighted by Gasteiger charge is -2.41. The summed E-state index contributed by atoms with van der Waals surface area (Å²) in [5.74, 6) is 0.0417. The lowest BCUT2D eigenvalue weighted by atomic mass is 9.63. The van der Waals surface area contributed by atoms with Gasteiger partial charge in [-0.1, -0.05) is 13.8 Å². The molecule has 0 aromatic carbocycles. The molecule has 0 aromatic heterocycles. The first-order valence-corrected chi connectivity index (χ1v) is 6.78. The van der Waals surface area contributed by atoms with Crippen LogP contribution in [0.25, 0.3) is 0 Å². The quantitative estimate of drug-likeness (QED) is 0.686. The Morgan fingerprint density at radius 3 is 2.13 bits per heavy atom. The van der Waals surface area contributed by atoms with Gasteiger partial charge in [-0.15, -0.1) is 0 Å². The second kappa shape index (κ2) is 4.36. The van der Waals surface area contributed by atoms with Crippen LogP contribution in [0.3, 0.4) is 0 Å². The van der Waals surface area contributed by atoms with Gasteiger partial charge in [-0.05, 0) is 18.3 Å². The summed E-state index contributed by atoms with van der Waals surface area (Å²) in [5.41, 5.74) is 0.254. The number of carbonyl (C=O) groups excluding carboxylic acids is 1. The number of hydrogen-bond acceptors (Lipinski definition) is 4. The standard InChI is InChI=1S/C10H19O4P/c1-10(2)5-8(6-10)9(11)7-15(12,13-3)14-4/h8H,5-7H2,1-4H3. The second-order valence-electron chi connectivity index (χ2n) is 4.87. The molecule has 0 saturated heterocycles. The number of Topliss-reactive ketones (excluding diaryl/α,β-unsaturated/α-hetero) is 1. The molecule has 0 heterocycles. The van der Waals surface area contributed by atoms with Crippen LogP contribution in [0.2, 0.25) is 0 Å². The predicted octanol–water partition coefficient (Wildman–Crippen LogP) is 2.48. The summed E-state index contributed by atoms with van der Waals surface area (Å²) in [6.07, 6.45) is 1.65. The van der Waals surface area contributed by atoms with E-state index in [1.54, 1.807) is 0 Å². The van der Waals surface area contributed by atoms with Gasteiger partial charge in [0.05, 0.1) is 0 Å². The third-order valence-corrected chi connectivity index (χ3v) is 4.77. The Labute approximate surface area is 90.9 Å². The zero-order chi connectivity index (χ0) is 11.7. The van der Waals surface area contributed by atoms with Crippen LogP contribution < -0.4 is 0 Å². The molecule has 1 aliphatic rings. The molecular weight excluding hydrogens is 215 g/mol. The molecule has 15 heavy (non-hydrogen) atoms. The molecular formula is C10H19O4P. The monoisotopic (exact) mass is 234 g/mol. The largest absolute Gasteiger partial charge is 0.337 e. The Morgan fingerprint density at radius 1 is 1.33 bits per heavy atom. The Hall–Kier alpha value is -0.180. The molecule has 0 amide bonds. The minimum atomic E-state index is -3.16. The maximum atomic E-state index is 11.7. The van der Waals surface area contributed by atoms with Crippen molar-refractivity contribution in [2.75, 3.05) is 20.4 Å². The topological polar surface area (TPSA) is 52.6 Å². The molecule has 0 bridgehead atoms. The van der Waals surface area contributed by atoms with E-state index < -0.39 is 7.60 Å². The van der Waals surface area contributed by atoms with Crippen LogP contribution in [0.5, 0.6) is 0 Å². The number of carbonyl (C=O) groups is 1. The van der Waals surface area contributed by atoms with E-state index in [0.717, 1.165) is 12.8 Å². The van der Waals surface area contributed by atoms with E-state index in [1.807, 2.05) is 0 Å². The highest BCUT2D eigenvalue weighted by Crippen LogP contribution is 2.50. The highest BCUT2D eigenvalue weighted by atomic mass is 31.2. The first kappa shape index (κ1) is 12.9. The first-order valence-electron chi connectivity index (χ1n) is 5.05. The summed E-state index contributed by atoms with van der Waals surface area (Å²) in [4.78, 5) is 11.7. The first-order chi connectivity index (χ1) is 6.82. The molecule has 0 atom stereocenters. The van der Waals surface area contributed by atoms with Gasteiger partial charge in [0.1, 0.15) is 11.9 Å². The fourth-order valence-electron chi connectivity index (χ4n) is 2.03. The highest BCUT2D eigenvalue weighted by molar-refractivity contribution is 7.54. The van der Waals surface area contributed by atoms with E-state index in [4.69, 9.17) is 9.05 Å². The van der Waals surface area contributed by atoms with Crippen LogP contribution in [0.15, 0.2) is 0 Å². The third-order valence-electron chi connectivity index (χ3n) is 2.96. The van der Waals surface area contributed by atoms with Crippen molar-refractivity contribution in [3.63, 3.8) is 0 Å². The molecule has 0 unspecified atom stereocenters. The van der Waals surface area contributed by atoms with E-state index in [-0.39, 0.29) is 23.3 Å². The van der Waals surface area contributed by atoms with Gasteiger partial charge < -0.3 is 9.05 Å². The molecule has 1 fully saturated rings. The third kappa shape index (κ3) is 3.13. The lowest BCUT2D eigenvalue weighted by Crippen LogP contribution is -2.38. The van der Waals surface area contributed by atoms with Crippen molar-refractivity contribution in [2.24, 2.45) is 11.3 Å². The van der Waals surface area contributed by atoms with Gasteiger partial charge in [0.2, 0.25) is 0 Å². The summed E-state index contributed by atoms with van der Waals surface area (Å²) in [6.45, 7) is 4.26. The average molecular weight is 234 g/mol. The smallest absolute Gasteiger partial charge is 0.312 e. The lowest BCUT2D eigenvalue weighted by molar-refractivity contribution is -0.126. The van der Waals surface area contributed by atoms with E-state index in [0.29, 0.717) is 0 Å². The van der Waals surface area contributed by atoms with E-state index in [2.05, 4.69) is 13.8 Å². The molecule has 0 aliphatic heterocycles. The van der Waals surface area contributed by atoms with Crippen molar-refractivity contribution in [2.45, 2.75) is 26.7 Å². The Balaban J connectivity index is 2.47. The zero-order valence-corrected chi connectivity index (χ0v) is 10.7. The number of hydrogen-bond donors (Lipinski definition) is 0. The van der Waals surface area contributed by atoms with Crippen molar-refractivity contribution < 1.29 is 18.4 Å². The van der Waals surface area contributed by atoms with Gasteiger partial charge in [-0.2, -0.15) is 0 Å². The molecule has 0 aromatic rings. The Morgan fingerprint density at radius 2 is 1.80 bits per heavy atom. The van der Waals surface area contributed by atoms with E-state index in [9.17, 15) is 9.36 Å². The van der Waals surface area contributed by atoms with Crippen LogP contribution in [-0.4, -0.2) is 26.2 Å². The zero-order valence-electron chi connectivity index (χ0n) is 9.78. The minimum absolute atomic E-state index is 0.00126. The van der Waals surface area contributed by atoms with Crippen molar-refractivity contribution in [1.29, 1.82) is 0 Å². The van der Waals surface area contributed by atoms with Crippen LogP contribution in [-0.2, 0) is 18.4 Å². The van der Waals surface area contributed by atoms with Gasteiger partial charge in [0.25, 0.3) is 0 Å². The SMILES string of the molecule is COP(=O)(CC(=O)C1CC(C)(C)C1)OC. The summed E-state index contributed by atoms with van der Waals surface area (Å²) in [7, 11) is -0.546. The molecule has 0 N–H and O–H groups in total. The average Bonchev–Trinajstić information content (AvgIpc) is 2.13. The van der Waals surface area contributed by atoms with Crippen LogP contribution >= 0.6 is 7.60 Å². The van der Waals surface area contributed by atoms with E-state index >= 15 is 0 Å². The van der Waals surface area contributed by atoms with E-state index in [1.165, 1.54) is 14.2 Å². The molecule has 0 spiro atoms. The summed E-state index contributed by atoms with van der Waals surface area (Å²) in [5, 5.41) is 0. The normalized spacial score (nSPS) is 21.1. The molecule has 1 rings (SSSR count). The van der Waals surface area contributed by atoms with Crippen molar-refractivity contribution >= 4 is 13.4 Å². The molecule has 88 valence electrons. The van der Waals surface area contributed by atoms with Gasteiger partial charge >= 0.3 is 7.60 Å². The Bertz CT molecular complexity index is 282. The fraction of sp³-hybridized carbons (Fsp3) is 0.900. The number of ketones is 1. The van der Waals surface area contributed by atoms with Gasteiger partial charge in [-0.25, -0.2) is 0 Å². The Kier molecular flexibility index (Phi) is 3.75. The molecule has 1 aliphatic carbocycles. The van der Waals surface area contributed by atoms with Crippen LogP contribution in [0.4, 0.5) is 0 Å². The minimum Gasteiger partial charge on any atom is -0.312 e. The van der Waals surface area contributed by atoms with Crippen molar-refractivity contribution in [3.05, 3.63) is 0 Å². The predicted molar refractivity (Wildman–Crippen MR) is 58.0 cm³/mol. The molecule has 4 nitrogen and oxygen atoms in total. The maximum absolute atomic E-state index is 11.7. The summed E-state index contributed by atoms with van der Waals surface area (Å²) >= 11 is 0. The highest BCUT2D eigenvalue weighted by Gasteiger charge is 2.42. The summed E-state index contributed by atoms with van der Waals surface area (Å²) < 4.78 is 21.2. The second-order valence-corrected chi connectivity index (χ2v) is 7.14. The summed E-state index contributed by atoms with van der Waals surface area (Å²) in [6, 6.07) is 0. The maximum Gasteiger partial charge on any atom is 0.337 e. The fourth-order valence-corrected chi connectivity index (χ4v) is 3.07. The van der Waals surface area contributed by atoms with Crippen molar-refractivity contribution in [1.82, 2.24) is 0 Å². The van der Waals surface area contributed by atoms with Crippen LogP contribution in [0.1, 0.15) is 26.7 Å². The van der Waals surface area contributed by atoms with Gasteiger partial charge in [-0.3, -0.25) is 9.36 Å².